The molecule has 0 spiro atoms. The molecule has 29 heavy (non-hydrogen) atoms. The van der Waals surface area contributed by atoms with Gasteiger partial charge in [-0.2, -0.15) is 0 Å². The summed E-state index contributed by atoms with van der Waals surface area (Å²) in [7, 11) is 1.89. The van der Waals surface area contributed by atoms with Gasteiger partial charge in [-0.1, -0.05) is 59.6 Å². The van der Waals surface area contributed by atoms with Crippen LogP contribution in [0, 0.1) is 0 Å². The van der Waals surface area contributed by atoms with Gasteiger partial charge in [0.25, 0.3) is 0 Å². The van der Waals surface area contributed by atoms with Crippen LogP contribution in [0.5, 0.6) is 0 Å². The molecule has 0 aromatic heterocycles. The summed E-state index contributed by atoms with van der Waals surface area (Å²) in [5, 5.41) is 4.10. The number of likely N-dealkylation sites (N-methyl/N-ethyl adjacent to an activating group) is 1. The van der Waals surface area contributed by atoms with Gasteiger partial charge in [-0.3, -0.25) is 14.6 Å². The first kappa shape index (κ1) is 22.1. The van der Waals surface area contributed by atoms with Crippen molar-refractivity contribution in [2.24, 2.45) is 0 Å². The Bertz CT molecular complexity index is 825. The zero-order valence-electron chi connectivity index (χ0n) is 16.7. The average Bonchev–Trinajstić information content (AvgIpc) is 2.71. The Morgan fingerprint density at radius 1 is 1.07 bits per heavy atom. The number of hydrogen-bond acceptors (Lipinski definition) is 4. The lowest BCUT2D eigenvalue weighted by Crippen LogP contribution is -2.36. The van der Waals surface area contributed by atoms with Crippen LogP contribution in [0.25, 0.3) is 0 Å². The minimum atomic E-state index is -0.0215. The van der Waals surface area contributed by atoms with E-state index in [1.807, 2.05) is 36.2 Å². The van der Waals surface area contributed by atoms with Gasteiger partial charge in [0.1, 0.15) is 0 Å². The van der Waals surface area contributed by atoms with Crippen LogP contribution in [0.3, 0.4) is 0 Å². The molecule has 1 N–H and O–H groups in total. The van der Waals surface area contributed by atoms with E-state index in [-0.39, 0.29) is 12.5 Å². The number of carbonyl (C=O) groups excluding carboxylic acids is 1. The van der Waals surface area contributed by atoms with Crippen LogP contribution in [0.15, 0.2) is 42.5 Å². The zero-order valence-corrected chi connectivity index (χ0v) is 18.2. The molecule has 1 aliphatic heterocycles. The summed E-state index contributed by atoms with van der Waals surface area (Å²) in [5.74, 6) is -0.0215. The van der Waals surface area contributed by atoms with Crippen molar-refractivity contribution in [2.45, 2.75) is 19.6 Å². The average molecular weight is 436 g/mol. The van der Waals surface area contributed by atoms with Crippen molar-refractivity contribution in [1.82, 2.24) is 15.1 Å². The number of hydrogen-bond donors (Lipinski definition) is 1. The second kappa shape index (κ2) is 11.0. The van der Waals surface area contributed by atoms with E-state index in [0.29, 0.717) is 23.1 Å². The van der Waals surface area contributed by atoms with Crippen molar-refractivity contribution in [1.29, 1.82) is 0 Å². The fourth-order valence-electron chi connectivity index (χ4n) is 3.40. The largest absolute Gasteiger partial charge is 0.379 e. The van der Waals surface area contributed by atoms with E-state index in [1.165, 1.54) is 5.56 Å². The lowest BCUT2D eigenvalue weighted by molar-refractivity contribution is -0.122. The Morgan fingerprint density at radius 3 is 2.52 bits per heavy atom. The minimum absolute atomic E-state index is 0.0215. The number of halogens is 2. The van der Waals surface area contributed by atoms with E-state index in [0.717, 1.165) is 44.0 Å². The highest BCUT2D eigenvalue weighted by molar-refractivity contribution is 6.42. The molecule has 0 bridgehead atoms. The Balaban J connectivity index is 1.50. The van der Waals surface area contributed by atoms with Crippen molar-refractivity contribution < 1.29 is 9.53 Å². The third kappa shape index (κ3) is 6.69. The molecule has 1 fully saturated rings. The molecular weight excluding hydrogens is 409 g/mol. The second-order valence-electron chi connectivity index (χ2n) is 7.32. The molecule has 0 unspecified atom stereocenters. The maximum Gasteiger partial charge on any atom is 0.234 e. The van der Waals surface area contributed by atoms with Gasteiger partial charge in [0.05, 0.1) is 29.8 Å². The standard InChI is InChI=1S/C22H27Cl2N3O2/c1-26(14-19-7-4-8-20(23)22(19)24)16-21(28)25-13-17-5-2-3-6-18(17)15-27-9-11-29-12-10-27/h2-8H,9-16H2,1H3,(H,25,28). The molecule has 7 heteroatoms. The highest BCUT2D eigenvalue weighted by atomic mass is 35.5. The van der Waals surface area contributed by atoms with Crippen LogP contribution in [-0.2, 0) is 29.2 Å². The van der Waals surface area contributed by atoms with E-state index in [2.05, 4.69) is 22.3 Å². The molecule has 3 rings (SSSR count). The predicted molar refractivity (Wildman–Crippen MR) is 117 cm³/mol. The number of carbonyl (C=O) groups is 1. The molecule has 2 aromatic rings. The van der Waals surface area contributed by atoms with Gasteiger partial charge in [0.15, 0.2) is 0 Å². The Morgan fingerprint density at radius 2 is 1.76 bits per heavy atom. The predicted octanol–water partition coefficient (Wildman–Crippen LogP) is 3.57. The van der Waals surface area contributed by atoms with E-state index >= 15 is 0 Å². The Hall–Kier alpha value is -1.63. The van der Waals surface area contributed by atoms with Crippen LogP contribution in [0.2, 0.25) is 10.0 Å². The molecule has 1 heterocycles. The van der Waals surface area contributed by atoms with Gasteiger partial charge in [-0.25, -0.2) is 0 Å². The molecule has 1 saturated heterocycles. The van der Waals surface area contributed by atoms with Gasteiger partial charge in [-0.15, -0.1) is 0 Å². The Labute approximate surface area is 182 Å². The summed E-state index contributed by atoms with van der Waals surface area (Å²) in [6.45, 7) is 5.68. The van der Waals surface area contributed by atoms with Crippen LogP contribution in [-0.4, -0.2) is 55.6 Å². The summed E-state index contributed by atoms with van der Waals surface area (Å²) in [6.07, 6.45) is 0. The molecule has 0 saturated carbocycles. The van der Waals surface area contributed by atoms with Crippen LogP contribution in [0.1, 0.15) is 16.7 Å². The highest BCUT2D eigenvalue weighted by Crippen LogP contribution is 2.26. The van der Waals surface area contributed by atoms with Crippen molar-refractivity contribution in [3.05, 3.63) is 69.2 Å². The molecule has 1 amide bonds. The van der Waals surface area contributed by atoms with Crippen molar-refractivity contribution in [2.75, 3.05) is 39.9 Å². The van der Waals surface area contributed by atoms with Gasteiger partial charge in [0.2, 0.25) is 5.91 Å². The van der Waals surface area contributed by atoms with Crippen LogP contribution in [0.4, 0.5) is 0 Å². The van der Waals surface area contributed by atoms with Gasteiger partial charge >= 0.3 is 0 Å². The third-order valence-electron chi connectivity index (χ3n) is 4.98. The fourth-order valence-corrected chi connectivity index (χ4v) is 3.78. The number of benzene rings is 2. The van der Waals surface area contributed by atoms with E-state index in [9.17, 15) is 4.79 Å². The number of morpholine rings is 1. The summed E-state index contributed by atoms with van der Waals surface area (Å²) >= 11 is 12.3. The van der Waals surface area contributed by atoms with Gasteiger partial charge in [-0.05, 0) is 29.8 Å². The summed E-state index contributed by atoms with van der Waals surface area (Å²) in [5.41, 5.74) is 3.30. The van der Waals surface area contributed by atoms with E-state index < -0.39 is 0 Å². The number of nitrogens with zero attached hydrogens (tertiary/aromatic N) is 2. The first-order chi connectivity index (χ1) is 14.0. The summed E-state index contributed by atoms with van der Waals surface area (Å²) in [4.78, 5) is 16.7. The van der Waals surface area contributed by atoms with Crippen LogP contribution >= 0.6 is 23.2 Å². The number of rotatable bonds is 8. The quantitative estimate of drug-likeness (QED) is 0.687. The summed E-state index contributed by atoms with van der Waals surface area (Å²) in [6, 6.07) is 13.8. The van der Waals surface area contributed by atoms with E-state index in [1.54, 1.807) is 6.07 Å². The normalized spacial score (nSPS) is 14.9. The maximum absolute atomic E-state index is 12.4. The molecule has 1 aliphatic rings. The molecule has 5 nitrogen and oxygen atoms in total. The molecular formula is C22H27Cl2N3O2. The second-order valence-corrected chi connectivity index (χ2v) is 8.10. The topological polar surface area (TPSA) is 44.8 Å². The molecule has 0 atom stereocenters. The lowest BCUT2D eigenvalue weighted by atomic mass is 10.1. The minimum Gasteiger partial charge on any atom is -0.379 e. The Kier molecular flexibility index (Phi) is 8.33. The smallest absolute Gasteiger partial charge is 0.234 e. The first-order valence-corrected chi connectivity index (χ1v) is 10.5. The number of ether oxygens (including phenoxy) is 1. The molecule has 156 valence electrons. The monoisotopic (exact) mass is 435 g/mol. The van der Waals surface area contributed by atoms with Crippen molar-refractivity contribution >= 4 is 29.1 Å². The fraction of sp³-hybridized carbons (Fsp3) is 0.409. The third-order valence-corrected chi connectivity index (χ3v) is 5.84. The van der Waals surface area contributed by atoms with Crippen LogP contribution < -0.4 is 5.32 Å². The first-order valence-electron chi connectivity index (χ1n) is 9.78. The summed E-state index contributed by atoms with van der Waals surface area (Å²) < 4.78 is 5.42. The molecule has 2 aromatic carbocycles. The zero-order chi connectivity index (χ0) is 20.6. The van der Waals surface area contributed by atoms with Crippen molar-refractivity contribution in [3.63, 3.8) is 0 Å². The SMILES string of the molecule is CN(CC(=O)NCc1ccccc1CN1CCOCC1)Cc1cccc(Cl)c1Cl. The van der Waals surface area contributed by atoms with E-state index in [4.69, 9.17) is 27.9 Å². The lowest BCUT2D eigenvalue weighted by Gasteiger charge is -2.27. The van der Waals surface area contributed by atoms with Gasteiger partial charge in [0, 0.05) is 32.7 Å². The molecule has 0 radical (unpaired) electrons. The van der Waals surface area contributed by atoms with Gasteiger partial charge < -0.3 is 10.1 Å². The van der Waals surface area contributed by atoms with Crippen molar-refractivity contribution in [3.8, 4) is 0 Å². The number of nitrogens with one attached hydrogen (secondary N) is 1. The maximum atomic E-state index is 12.4. The molecule has 0 aliphatic carbocycles. The number of amides is 1. The highest BCUT2D eigenvalue weighted by Gasteiger charge is 2.14.